The van der Waals surface area contributed by atoms with Crippen LogP contribution in [0.3, 0.4) is 0 Å². The molecule has 0 spiro atoms. The van der Waals surface area contributed by atoms with Crippen molar-refractivity contribution in [2.24, 2.45) is 0 Å². The minimum absolute atomic E-state index is 0.0600. The van der Waals surface area contributed by atoms with E-state index in [4.69, 9.17) is 9.47 Å². The number of ether oxygens (including phenoxy) is 2. The van der Waals surface area contributed by atoms with Crippen molar-refractivity contribution in [1.82, 2.24) is 15.1 Å². The maximum Gasteiger partial charge on any atom is 0.321 e. The van der Waals surface area contributed by atoms with Gasteiger partial charge in [0, 0.05) is 38.4 Å². The molecule has 0 aliphatic carbocycles. The van der Waals surface area contributed by atoms with Crippen LogP contribution in [0, 0.1) is 0 Å². The molecule has 2 heterocycles. The lowest BCUT2D eigenvalue weighted by atomic mass is 10.1. The van der Waals surface area contributed by atoms with E-state index in [2.05, 4.69) is 22.9 Å². The standard InChI is InChI=1S/C16H21N3O3/c1-12(2)17-16(20)19-7-5-18(6-8-19)10-13-3-4-14-15(9-13)22-11-21-14/h3-4,9H,1,5-8,10-11H2,2H3,(H,17,20). The summed E-state index contributed by atoms with van der Waals surface area (Å²) < 4.78 is 10.7. The first-order valence-electron chi connectivity index (χ1n) is 7.44. The predicted octanol–water partition coefficient (Wildman–Crippen LogP) is 1.78. The molecule has 22 heavy (non-hydrogen) atoms. The molecule has 6 nitrogen and oxygen atoms in total. The predicted molar refractivity (Wildman–Crippen MR) is 82.8 cm³/mol. The number of carbonyl (C=O) groups is 1. The highest BCUT2D eigenvalue weighted by Crippen LogP contribution is 2.32. The first kappa shape index (κ1) is 14.7. The summed E-state index contributed by atoms with van der Waals surface area (Å²) in [5.74, 6) is 1.63. The van der Waals surface area contributed by atoms with Gasteiger partial charge in [-0.2, -0.15) is 0 Å². The Balaban J connectivity index is 1.52. The van der Waals surface area contributed by atoms with E-state index in [1.54, 1.807) is 6.92 Å². The number of nitrogens with zero attached hydrogens (tertiary/aromatic N) is 2. The summed E-state index contributed by atoms with van der Waals surface area (Å²) in [6, 6.07) is 5.99. The second kappa shape index (κ2) is 6.27. The highest BCUT2D eigenvalue weighted by atomic mass is 16.7. The number of allylic oxidation sites excluding steroid dienone is 1. The number of nitrogens with one attached hydrogen (secondary N) is 1. The third-order valence-electron chi connectivity index (χ3n) is 3.82. The zero-order chi connectivity index (χ0) is 15.5. The van der Waals surface area contributed by atoms with Gasteiger partial charge in [0.2, 0.25) is 6.79 Å². The quantitative estimate of drug-likeness (QED) is 0.925. The van der Waals surface area contributed by atoms with Crippen molar-refractivity contribution in [2.45, 2.75) is 13.5 Å². The van der Waals surface area contributed by atoms with Crippen LogP contribution in [-0.4, -0.2) is 48.8 Å². The normalized spacial score (nSPS) is 17.4. The van der Waals surface area contributed by atoms with Gasteiger partial charge in [0.05, 0.1) is 0 Å². The van der Waals surface area contributed by atoms with Gasteiger partial charge < -0.3 is 19.7 Å². The van der Waals surface area contributed by atoms with Gasteiger partial charge in [-0.25, -0.2) is 4.79 Å². The van der Waals surface area contributed by atoms with Crippen molar-refractivity contribution >= 4 is 6.03 Å². The Bertz CT molecular complexity index is 580. The molecule has 3 rings (SSSR count). The van der Waals surface area contributed by atoms with Crippen LogP contribution >= 0.6 is 0 Å². The summed E-state index contributed by atoms with van der Waals surface area (Å²) in [6.07, 6.45) is 0. The van der Waals surface area contributed by atoms with Crippen molar-refractivity contribution < 1.29 is 14.3 Å². The zero-order valence-corrected chi connectivity index (χ0v) is 12.8. The number of hydrogen-bond acceptors (Lipinski definition) is 4. The van der Waals surface area contributed by atoms with Gasteiger partial charge in [-0.1, -0.05) is 12.6 Å². The molecular formula is C16H21N3O3. The van der Waals surface area contributed by atoms with Crippen LogP contribution in [0.5, 0.6) is 11.5 Å². The van der Waals surface area contributed by atoms with Crippen molar-refractivity contribution in [3.8, 4) is 11.5 Å². The minimum atomic E-state index is -0.0600. The molecule has 1 N–H and O–H groups in total. The zero-order valence-electron chi connectivity index (χ0n) is 12.8. The Morgan fingerprint density at radius 1 is 1.23 bits per heavy atom. The van der Waals surface area contributed by atoms with Crippen LogP contribution in [0.1, 0.15) is 12.5 Å². The van der Waals surface area contributed by atoms with Crippen LogP contribution in [0.4, 0.5) is 4.79 Å². The molecule has 0 radical (unpaired) electrons. The topological polar surface area (TPSA) is 54.0 Å². The van der Waals surface area contributed by atoms with Gasteiger partial charge in [0.1, 0.15) is 0 Å². The molecule has 2 aliphatic heterocycles. The summed E-state index contributed by atoms with van der Waals surface area (Å²) in [5, 5.41) is 2.75. The van der Waals surface area contributed by atoms with E-state index in [0.29, 0.717) is 12.5 Å². The number of amides is 2. The molecule has 0 unspecified atom stereocenters. The summed E-state index contributed by atoms with van der Waals surface area (Å²) in [6.45, 7) is 9.81. The SMILES string of the molecule is C=C(C)NC(=O)N1CCN(Cc2ccc3c(c2)OCO3)CC1. The lowest BCUT2D eigenvalue weighted by Crippen LogP contribution is -2.51. The van der Waals surface area contributed by atoms with Crippen molar-refractivity contribution in [1.29, 1.82) is 0 Å². The minimum Gasteiger partial charge on any atom is -0.454 e. The molecule has 1 aromatic carbocycles. The van der Waals surface area contributed by atoms with Crippen LogP contribution in [0.15, 0.2) is 30.5 Å². The number of fused-ring (bicyclic) bond motifs is 1. The summed E-state index contributed by atoms with van der Waals surface area (Å²) >= 11 is 0. The van der Waals surface area contributed by atoms with E-state index in [0.717, 1.165) is 44.2 Å². The summed E-state index contributed by atoms with van der Waals surface area (Å²) in [4.78, 5) is 16.1. The fourth-order valence-corrected chi connectivity index (χ4v) is 2.67. The maximum atomic E-state index is 11.9. The molecule has 1 aromatic rings. The number of rotatable bonds is 3. The molecule has 0 atom stereocenters. The molecule has 1 fully saturated rings. The molecule has 0 aromatic heterocycles. The second-order valence-electron chi connectivity index (χ2n) is 5.66. The number of benzene rings is 1. The summed E-state index contributed by atoms with van der Waals surface area (Å²) in [5.41, 5.74) is 1.87. The van der Waals surface area contributed by atoms with E-state index < -0.39 is 0 Å². The molecule has 2 aliphatic rings. The maximum absolute atomic E-state index is 11.9. The number of piperazine rings is 1. The molecular weight excluding hydrogens is 282 g/mol. The third kappa shape index (κ3) is 3.33. The van der Waals surface area contributed by atoms with E-state index in [-0.39, 0.29) is 6.03 Å². The fourth-order valence-electron chi connectivity index (χ4n) is 2.67. The van der Waals surface area contributed by atoms with Gasteiger partial charge in [-0.3, -0.25) is 4.90 Å². The van der Waals surface area contributed by atoms with Gasteiger partial charge in [0.15, 0.2) is 11.5 Å². The molecule has 2 amide bonds. The average molecular weight is 303 g/mol. The van der Waals surface area contributed by atoms with Crippen LogP contribution in [0.2, 0.25) is 0 Å². The smallest absolute Gasteiger partial charge is 0.321 e. The number of urea groups is 1. The molecule has 118 valence electrons. The Kier molecular flexibility index (Phi) is 4.20. The van der Waals surface area contributed by atoms with Crippen molar-refractivity contribution in [3.63, 3.8) is 0 Å². The summed E-state index contributed by atoms with van der Waals surface area (Å²) in [7, 11) is 0. The monoisotopic (exact) mass is 303 g/mol. The highest BCUT2D eigenvalue weighted by Gasteiger charge is 2.21. The average Bonchev–Trinajstić information content (AvgIpc) is 2.95. The third-order valence-corrected chi connectivity index (χ3v) is 3.82. The van der Waals surface area contributed by atoms with Crippen LogP contribution in [0.25, 0.3) is 0 Å². The fraction of sp³-hybridized carbons (Fsp3) is 0.438. The lowest BCUT2D eigenvalue weighted by molar-refractivity contribution is 0.137. The van der Waals surface area contributed by atoms with E-state index in [1.165, 1.54) is 5.56 Å². The molecule has 0 bridgehead atoms. The van der Waals surface area contributed by atoms with Gasteiger partial charge in [0.25, 0.3) is 0 Å². The van der Waals surface area contributed by atoms with E-state index in [1.807, 2.05) is 17.0 Å². The second-order valence-corrected chi connectivity index (χ2v) is 5.66. The molecule has 1 saturated heterocycles. The first-order chi connectivity index (χ1) is 10.6. The Morgan fingerprint density at radius 3 is 2.68 bits per heavy atom. The Hall–Kier alpha value is -2.21. The molecule has 0 saturated carbocycles. The van der Waals surface area contributed by atoms with Gasteiger partial charge in [-0.05, 0) is 24.6 Å². The Morgan fingerprint density at radius 2 is 1.95 bits per heavy atom. The van der Waals surface area contributed by atoms with Gasteiger partial charge in [-0.15, -0.1) is 0 Å². The molecule has 6 heteroatoms. The lowest BCUT2D eigenvalue weighted by Gasteiger charge is -2.34. The van der Waals surface area contributed by atoms with Crippen molar-refractivity contribution in [2.75, 3.05) is 33.0 Å². The van der Waals surface area contributed by atoms with E-state index in [9.17, 15) is 4.79 Å². The number of carbonyl (C=O) groups excluding carboxylic acids is 1. The van der Waals surface area contributed by atoms with Crippen LogP contribution in [-0.2, 0) is 6.54 Å². The van der Waals surface area contributed by atoms with E-state index >= 15 is 0 Å². The Labute approximate surface area is 130 Å². The number of hydrogen-bond donors (Lipinski definition) is 1. The largest absolute Gasteiger partial charge is 0.454 e. The van der Waals surface area contributed by atoms with Crippen molar-refractivity contribution in [3.05, 3.63) is 36.0 Å². The first-order valence-corrected chi connectivity index (χ1v) is 7.44. The van der Waals surface area contributed by atoms with Gasteiger partial charge >= 0.3 is 6.03 Å². The highest BCUT2D eigenvalue weighted by molar-refractivity contribution is 5.76. The van der Waals surface area contributed by atoms with Crippen LogP contribution < -0.4 is 14.8 Å².